The van der Waals surface area contributed by atoms with E-state index in [0.29, 0.717) is 5.75 Å². The van der Waals surface area contributed by atoms with Gasteiger partial charge in [0.1, 0.15) is 0 Å². The zero-order chi connectivity index (χ0) is 19.1. The summed E-state index contributed by atoms with van der Waals surface area (Å²) in [5, 5.41) is 8.70. The molecule has 2 bridgehead atoms. The summed E-state index contributed by atoms with van der Waals surface area (Å²) in [5.41, 5.74) is 1.17. The lowest BCUT2D eigenvalue weighted by molar-refractivity contribution is -0.137. The highest BCUT2D eigenvalue weighted by Gasteiger charge is 2.46. The fourth-order valence-corrected chi connectivity index (χ4v) is 6.43. The van der Waals surface area contributed by atoms with Crippen LogP contribution in [0.5, 0.6) is 0 Å². The molecule has 2 aliphatic rings. The van der Waals surface area contributed by atoms with Gasteiger partial charge in [0, 0.05) is 28.7 Å². The number of benzene rings is 1. The zero-order valence-corrected chi connectivity index (χ0v) is 16.9. The lowest BCUT2D eigenvalue weighted by atomic mass is 9.76. The average Bonchev–Trinajstić information content (AvgIpc) is 3.25. The smallest absolute Gasteiger partial charge is 0.303 e. The second-order valence-corrected chi connectivity index (χ2v) is 9.79. The first-order valence-corrected chi connectivity index (χ1v) is 11.9. The standard InChI is InChI=1S/C23H32O3S/c24-23(25)11-7-2-1-6-10-21-19-12-13-20(16-19)22(21)14-15-27(26)17-18-8-4-3-5-9-18/h1,3-6,8-9,19-22H,2,7,10-17H2,(H,24,25)/t19-,20+,21-,22+,27?/m0/s1. The van der Waals surface area contributed by atoms with Crippen molar-refractivity contribution in [3.8, 4) is 0 Å². The Balaban J connectivity index is 1.44. The van der Waals surface area contributed by atoms with Gasteiger partial charge >= 0.3 is 5.97 Å². The highest BCUT2D eigenvalue weighted by molar-refractivity contribution is 7.84. The number of fused-ring (bicyclic) bond motifs is 2. The molecular formula is C23H32O3S. The number of carboxylic acid groups (broad SMARTS) is 1. The largest absolute Gasteiger partial charge is 0.481 e. The number of aliphatic carboxylic acids is 1. The van der Waals surface area contributed by atoms with Gasteiger partial charge in [-0.15, -0.1) is 0 Å². The van der Waals surface area contributed by atoms with E-state index in [0.717, 1.165) is 55.1 Å². The number of carbonyl (C=O) groups is 1. The summed E-state index contributed by atoms with van der Waals surface area (Å²) < 4.78 is 12.5. The normalized spacial score (nSPS) is 28.0. The predicted octanol–water partition coefficient (Wildman–Crippen LogP) is 5.19. The van der Waals surface area contributed by atoms with E-state index in [4.69, 9.17) is 5.11 Å². The SMILES string of the molecule is O=C(O)CCCC=CC[C@H]1[C@H]2CC[C@H](C2)[C@H]1CCS(=O)Cc1ccccc1. The lowest BCUT2D eigenvalue weighted by Gasteiger charge is -2.30. The number of carboxylic acids is 1. The van der Waals surface area contributed by atoms with E-state index in [2.05, 4.69) is 24.3 Å². The summed E-state index contributed by atoms with van der Waals surface area (Å²) in [6.45, 7) is 0. The number of unbranched alkanes of at least 4 members (excludes halogenated alkanes) is 1. The number of hydrogen-bond donors (Lipinski definition) is 1. The van der Waals surface area contributed by atoms with Crippen LogP contribution < -0.4 is 0 Å². The monoisotopic (exact) mass is 388 g/mol. The fraction of sp³-hybridized carbons (Fsp3) is 0.609. The molecule has 2 saturated carbocycles. The molecule has 148 valence electrons. The highest BCUT2D eigenvalue weighted by atomic mass is 32.2. The lowest BCUT2D eigenvalue weighted by Crippen LogP contribution is -2.24. The van der Waals surface area contributed by atoms with E-state index in [1.807, 2.05) is 18.2 Å². The van der Waals surface area contributed by atoms with Gasteiger partial charge in [-0.3, -0.25) is 9.00 Å². The first-order chi connectivity index (χ1) is 13.1. The molecule has 1 N–H and O–H groups in total. The molecule has 0 radical (unpaired) electrons. The van der Waals surface area contributed by atoms with Crippen LogP contribution in [-0.2, 0) is 21.3 Å². The second kappa shape index (κ2) is 10.2. The molecule has 3 rings (SSSR count). The van der Waals surface area contributed by atoms with Gasteiger partial charge in [-0.2, -0.15) is 0 Å². The van der Waals surface area contributed by atoms with Crippen LogP contribution in [0.3, 0.4) is 0 Å². The summed E-state index contributed by atoms with van der Waals surface area (Å²) in [4.78, 5) is 10.6. The third-order valence-electron chi connectivity index (χ3n) is 6.46. The molecule has 0 heterocycles. The molecule has 27 heavy (non-hydrogen) atoms. The minimum Gasteiger partial charge on any atom is -0.481 e. The van der Waals surface area contributed by atoms with Crippen LogP contribution in [0.15, 0.2) is 42.5 Å². The van der Waals surface area contributed by atoms with Gasteiger partial charge in [0.15, 0.2) is 0 Å². The van der Waals surface area contributed by atoms with Crippen molar-refractivity contribution in [2.45, 2.75) is 57.1 Å². The number of allylic oxidation sites excluding steroid dienone is 2. The Morgan fingerprint density at radius 2 is 1.85 bits per heavy atom. The van der Waals surface area contributed by atoms with Gasteiger partial charge in [-0.25, -0.2) is 0 Å². The molecule has 4 heteroatoms. The van der Waals surface area contributed by atoms with Crippen molar-refractivity contribution in [1.82, 2.24) is 0 Å². The van der Waals surface area contributed by atoms with Gasteiger partial charge < -0.3 is 5.11 Å². The summed E-state index contributed by atoms with van der Waals surface area (Å²) in [6, 6.07) is 10.2. The average molecular weight is 389 g/mol. The molecule has 3 nitrogen and oxygen atoms in total. The molecule has 0 saturated heterocycles. The topological polar surface area (TPSA) is 54.4 Å². The quantitative estimate of drug-likeness (QED) is 0.419. The summed E-state index contributed by atoms with van der Waals surface area (Å²) in [6.07, 6.45) is 12.6. The Kier molecular flexibility index (Phi) is 7.69. The molecular weight excluding hydrogens is 356 g/mol. The van der Waals surface area contributed by atoms with Gasteiger partial charge in [0.2, 0.25) is 0 Å². The molecule has 0 amide bonds. The van der Waals surface area contributed by atoms with Crippen molar-refractivity contribution in [2.75, 3.05) is 5.75 Å². The van der Waals surface area contributed by atoms with E-state index in [1.54, 1.807) is 0 Å². The minimum atomic E-state index is -0.772. The van der Waals surface area contributed by atoms with Gasteiger partial charge in [0.05, 0.1) is 0 Å². The molecule has 1 aromatic rings. The maximum atomic E-state index is 12.5. The molecule has 0 spiro atoms. The van der Waals surface area contributed by atoms with Crippen LogP contribution in [0.25, 0.3) is 0 Å². The third-order valence-corrected chi connectivity index (χ3v) is 7.81. The Morgan fingerprint density at radius 3 is 2.59 bits per heavy atom. The second-order valence-electron chi connectivity index (χ2n) is 8.22. The molecule has 0 aromatic heterocycles. The van der Waals surface area contributed by atoms with Gasteiger partial charge in [0.25, 0.3) is 0 Å². The minimum absolute atomic E-state index is 0.258. The van der Waals surface area contributed by atoms with Crippen molar-refractivity contribution in [1.29, 1.82) is 0 Å². The van der Waals surface area contributed by atoms with Crippen molar-refractivity contribution in [2.24, 2.45) is 23.7 Å². The van der Waals surface area contributed by atoms with E-state index in [9.17, 15) is 9.00 Å². The summed E-state index contributed by atoms with van der Waals surface area (Å²) in [5.74, 6) is 3.96. The van der Waals surface area contributed by atoms with Crippen molar-refractivity contribution in [3.63, 3.8) is 0 Å². The first kappa shape index (κ1) is 20.3. The van der Waals surface area contributed by atoms with Crippen LogP contribution in [0.2, 0.25) is 0 Å². The van der Waals surface area contributed by atoms with Crippen LogP contribution in [-0.4, -0.2) is 21.0 Å². The van der Waals surface area contributed by atoms with E-state index in [-0.39, 0.29) is 6.42 Å². The molecule has 5 atom stereocenters. The van der Waals surface area contributed by atoms with Crippen molar-refractivity contribution >= 4 is 16.8 Å². The van der Waals surface area contributed by atoms with E-state index >= 15 is 0 Å². The summed E-state index contributed by atoms with van der Waals surface area (Å²) in [7, 11) is -0.772. The number of rotatable bonds is 11. The predicted molar refractivity (Wildman–Crippen MR) is 111 cm³/mol. The highest BCUT2D eigenvalue weighted by Crippen LogP contribution is 2.54. The first-order valence-electron chi connectivity index (χ1n) is 10.4. The Bertz CT molecular complexity index is 655. The van der Waals surface area contributed by atoms with Crippen LogP contribution in [0.4, 0.5) is 0 Å². The van der Waals surface area contributed by atoms with Crippen molar-refractivity contribution < 1.29 is 14.1 Å². The van der Waals surface area contributed by atoms with Gasteiger partial charge in [-0.1, -0.05) is 42.5 Å². The van der Waals surface area contributed by atoms with Crippen LogP contribution >= 0.6 is 0 Å². The van der Waals surface area contributed by atoms with Gasteiger partial charge in [-0.05, 0) is 74.2 Å². The third kappa shape index (κ3) is 6.03. The maximum absolute atomic E-state index is 12.5. The number of hydrogen-bond acceptors (Lipinski definition) is 2. The Labute approximate surface area is 165 Å². The maximum Gasteiger partial charge on any atom is 0.303 e. The fourth-order valence-electron chi connectivity index (χ4n) is 5.19. The van der Waals surface area contributed by atoms with Crippen molar-refractivity contribution in [3.05, 3.63) is 48.0 Å². The molecule has 1 aromatic carbocycles. The molecule has 2 aliphatic carbocycles. The molecule has 1 unspecified atom stereocenters. The van der Waals surface area contributed by atoms with E-state index in [1.165, 1.54) is 24.8 Å². The molecule has 0 aliphatic heterocycles. The van der Waals surface area contributed by atoms with Crippen LogP contribution in [0, 0.1) is 23.7 Å². The van der Waals surface area contributed by atoms with Crippen LogP contribution in [0.1, 0.15) is 56.9 Å². The molecule has 2 fully saturated rings. The Hall–Kier alpha value is -1.42. The zero-order valence-electron chi connectivity index (χ0n) is 16.1. The Morgan fingerprint density at radius 1 is 1.11 bits per heavy atom. The van der Waals surface area contributed by atoms with E-state index < -0.39 is 16.8 Å². The summed E-state index contributed by atoms with van der Waals surface area (Å²) >= 11 is 0.